The first-order valence-corrected chi connectivity index (χ1v) is 7.88. The van der Waals surface area contributed by atoms with E-state index >= 15 is 0 Å². The second kappa shape index (κ2) is 6.37. The third-order valence-corrected chi connectivity index (χ3v) is 5.57. The number of aromatic nitrogens is 1. The van der Waals surface area contributed by atoms with Gasteiger partial charge in [0.2, 0.25) is 0 Å². The zero-order valence-corrected chi connectivity index (χ0v) is 13.6. The summed E-state index contributed by atoms with van der Waals surface area (Å²) in [6.07, 6.45) is -3.66. The quantitative estimate of drug-likeness (QED) is 0.693. The number of nitrogens with zero attached hydrogens (tertiary/aromatic N) is 1. The van der Waals surface area contributed by atoms with Gasteiger partial charge >= 0.3 is 12.1 Å². The van der Waals surface area contributed by atoms with Crippen molar-refractivity contribution in [2.75, 3.05) is 7.11 Å². The molecule has 0 bridgehead atoms. The van der Waals surface area contributed by atoms with Gasteiger partial charge in [0.1, 0.15) is 5.03 Å². The molecule has 2 aromatic heterocycles. The molecule has 0 saturated carbocycles. The monoisotopic (exact) mass is 397 g/mol. The number of hydrogen-bond acceptors (Lipinski definition) is 5. The van der Waals surface area contributed by atoms with Crippen LogP contribution in [0.1, 0.15) is 15.9 Å². The molecule has 0 aromatic carbocycles. The fourth-order valence-corrected chi connectivity index (χ4v) is 3.90. The molecule has 0 aliphatic heterocycles. The van der Waals surface area contributed by atoms with Gasteiger partial charge in [0.05, 0.1) is 26.9 Å². The minimum Gasteiger partial charge on any atom is -0.465 e. The van der Waals surface area contributed by atoms with Crippen molar-refractivity contribution in [1.29, 1.82) is 0 Å². The van der Waals surface area contributed by atoms with Crippen LogP contribution < -0.4 is 0 Å². The molecule has 0 amide bonds. The maximum atomic E-state index is 12.5. The van der Waals surface area contributed by atoms with Crippen LogP contribution in [0.25, 0.3) is 0 Å². The number of carbonyl (C=O) groups excluding carboxylic acids is 1. The van der Waals surface area contributed by atoms with E-state index in [9.17, 15) is 18.0 Å². The van der Waals surface area contributed by atoms with Gasteiger partial charge in [0, 0.05) is 11.6 Å². The van der Waals surface area contributed by atoms with Gasteiger partial charge < -0.3 is 4.74 Å². The third kappa shape index (κ3) is 3.78. The minimum absolute atomic E-state index is 0.348. The van der Waals surface area contributed by atoms with Crippen LogP contribution in [0.15, 0.2) is 37.4 Å². The third-order valence-electron chi connectivity index (χ3n) is 2.38. The summed E-state index contributed by atoms with van der Waals surface area (Å²) in [5, 5.41) is 1.97. The molecule has 0 saturated heterocycles. The molecule has 0 radical (unpaired) electrons. The van der Waals surface area contributed by atoms with Crippen LogP contribution in [0.5, 0.6) is 0 Å². The highest BCUT2D eigenvalue weighted by Crippen LogP contribution is 2.40. The maximum Gasteiger partial charge on any atom is 0.417 e. The Balaban J connectivity index is 2.27. The van der Waals surface area contributed by atoms with Gasteiger partial charge in [0.15, 0.2) is 0 Å². The number of esters is 1. The summed E-state index contributed by atoms with van der Waals surface area (Å²) >= 11 is 5.68. The largest absolute Gasteiger partial charge is 0.465 e. The second-order valence-electron chi connectivity index (χ2n) is 3.73. The predicted molar refractivity (Wildman–Crippen MR) is 76.7 cm³/mol. The summed E-state index contributed by atoms with van der Waals surface area (Å²) in [4.78, 5) is 15.9. The van der Waals surface area contributed by atoms with E-state index in [1.54, 1.807) is 5.38 Å². The molecule has 112 valence electrons. The number of halogens is 4. The van der Waals surface area contributed by atoms with Crippen molar-refractivity contribution in [3.05, 3.63) is 38.6 Å². The van der Waals surface area contributed by atoms with E-state index in [1.165, 1.54) is 24.5 Å². The van der Waals surface area contributed by atoms with Crippen molar-refractivity contribution < 1.29 is 22.7 Å². The Hall–Kier alpha value is -1.06. The molecule has 0 atom stereocenters. The summed E-state index contributed by atoms with van der Waals surface area (Å²) in [7, 11) is 1.26. The number of hydrogen-bond donors (Lipinski definition) is 0. The zero-order chi connectivity index (χ0) is 15.6. The minimum atomic E-state index is -4.42. The van der Waals surface area contributed by atoms with Crippen LogP contribution in [0.2, 0.25) is 0 Å². The summed E-state index contributed by atoms with van der Waals surface area (Å²) in [5.41, 5.74) is -0.467. The van der Waals surface area contributed by atoms with Crippen molar-refractivity contribution in [3.63, 3.8) is 0 Å². The van der Waals surface area contributed by atoms with Gasteiger partial charge in [-0.3, -0.25) is 0 Å². The van der Waals surface area contributed by atoms with Crippen LogP contribution in [-0.4, -0.2) is 18.1 Å². The SMILES string of the molecule is COC(=O)c1csc(Br)c1Sc1ccc(C(F)(F)F)cn1. The Labute approximate surface area is 134 Å². The number of methoxy groups -OCH3 is 1. The Morgan fingerprint density at radius 3 is 2.67 bits per heavy atom. The van der Waals surface area contributed by atoms with E-state index in [0.717, 1.165) is 24.0 Å². The first-order chi connectivity index (χ1) is 9.82. The highest BCUT2D eigenvalue weighted by Gasteiger charge is 2.30. The molecule has 0 unspecified atom stereocenters. The van der Waals surface area contributed by atoms with Gasteiger partial charge in [-0.05, 0) is 28.1 Å². The Kier molecular flexibility index (Phi) is 4.95. The van der Waals surface area contributed by atoms with E-state index in [1.807, 2.05) is 0 Å². The number of rotatable bonds is 3. The Bertz CT molecular complexity index is 656. The maximum absolute atomic E-state index is 12.5. The summed E-state index contributed by atoms with van der Waals surface area (Å²) in [6, 6.07) is 2.21. The number of ether oxygens (including phenoxy) is 1. The number of pyridine rings is 1. The fraction of sp³-hybridized carbons (Fsp3) is 0.167. The molecule has 2 rings (SSSR count). The Morgan fingerprint density at radius 1 is 1.43 bits per heavy atom. The van der Waals surface area contributed by atoms with Gasteiger partial charge in [0.25, 0.3) is 0 Å². The average Bonchev–Trinajstić information content (AvgIpc) is 2.79. The normalized spacial score (nSPS) is 11.5. The van der Waals surface area contributed by atoms with E-state index in [4.69, 9.17) is 0 Å². The van der Waals surface area contributed by atoms with Crippen LogP contribution in [0, 0.1) is 0 Å². The molecular formula is C12H7BrF3NO2S2. The van der Waals surface area contributed by atoms with Crippen molar-refractivity contribution in [3.8, 4) is 0 Å². The lowest BCUT2D eigenvalue weighted by Crippen LogP contribution is -2.05. The number of alkyl halides is 3. The number of thiophene rings is 1. The molecule has 2 heterocycles. The lowest BCUT2D eigenvalue weighted by atomic mass is 10.3. The number of carbonyl (C=O) groups is 1. The first-order valence-electron chi connectivity index (χ1n) is 5.39. The smallest absolute Gasteiger partial charge is 0.417 e. The predicted octanol–water partition coefficient (Wildman–Crippen LogP) is 4.86. The van der Waals surface area contributed by atoms with Crippen LogP contribution in [-0.2, 0) is 10.9 Å². The van der Waals surface area contributed by atoms with Crippen molar-refractivity contribution in [1.82, 2.24) is 4.98 Å². The van der Waals surface area contributed by atoms with Gasteiger partial charge in [-0.15, -0.1) is 11.3 Å². The van der Waals surface area contributed by atoms with E-state index < -0.39 is 17.7 Å². The summed E-state index contributed by atoms with van der Waals surface area (Å²) < 4.78 is 42.7. The van der Waals surface area contributed by atoms with Gasteiger partial charge in [-0.2, -0.15) is 13.2 Å². The molecule has 0 N–H and O–H groups in total. The standard InChI is InChI=1S/C12H7BrF3NO2S2/c1-19-11(18)7-5-20-10(13)9(7)21-8-3-2-6(4-17-8)12(14,15)16/h2-5H,1H3. The molecular weight excluding hydrogens is 391 g/mol. The molecule has 0 aliphatic rings. The molecule has 2 aromatic rings. The van der Waals surface area contributed by atoms with E-state index in [-0.39, 0.29) is 0 Å². The summed E-state index contributed by atoms with van der Waals surface area (Å²) in [5.74, 6) is -0.508. The lowest BCUT2D eigenvalue weighted by molar-refractivity contribution is -0.137. The second-order valence-corrected chi connectivity index (χ2v) is 6.96. The molecule has 9 heteroatoms. The van der Waals surface area contributed by atoms with E-state index in [0.29, 0.717) is 19.3 Å². The van der Waals surface area contributed by atoms with Crippen molar-refractivity contribution >= 4 is 45.0 Å². The molecule has 0 spiro atoms. The fourth-order valence-electron chi connectivity index (χ4n) is 1.38. The topological polar surface area (TPSA) is 39.2 Å². The lowest BCUT2D eigenvalue weighted by Gasteiger charge is -2.07. The van der Waals surface area contributed by atoms with Crippen molar-refractivity contribution in [2.24, 2.45) is 0 Å². The molecule has 3 nitrogen and oxygen atoms in total. The summed E-state index contributed by atoms with van der Waals surface area (Å²) in [6.45, 7) is 0. The highest BCUT2D eigenvalue weighted by molar-refractivity contribution is 9.11. The zero-order valence-electron chi connectivity index (χ0n) is 10.4. The van der Waals surface area contributed by atoms with Gasteiger partial charge in [-0.25, -0.2) is 9.78 Å². The average molecular weight is 398 g/mol. The van der Waals surface area contributed by atoms with Crippen LogP contribution in [0.4, 0.5) is 13.2 Å². The first kappa shape index (κ1) is 16.3. The molecule has 0 fully saturated rings. The van der Waals surface area contributed by atoms with Crippen molar-refractivity contribution in [2.45, 2.75) is 16.1 Å². The molecule has 21 heavy (non-hydrogen) atoms. The van der Waals surface area contributed by atoms with Crippen LogP contribution in [0.3, 0.4) is 0 Å². The van der Waals surface area contributed by atoms with Crippen LogP contribution >= 0.6 is 39.0 Å². The molecule has 0 aliphatic carbocycles. The van der Waals surface area contributed by atoms with Gasteiger partial charge in [-0.1, -0.05) is 11.8 Å². The highest BCUT2D eigenvalue weighted by atomic mass is 79.9. The Morgan fingerprint density at radius 2 is 2.14 bits per heavy atom. The van der Waals surface area contributed by atoms with E-state index in [2.05, 4.69) is 25.7 Å².